The molecule has 1 fully saturated rings. The number of benzene rings is 2. The lowest BCUT2D eigenvalue weighted by atomic mass is 10.2. The Morgan fingerprint density at radius 3 is 2.31 bits per heavy atom. The number of carbonyl (C=O) groups is 2. The fourth-order valence-corrected chi connectivity index (χ4v) is 2.90. The highest BCUT2D eigenvalue weighted by molar-refractivity contribution is 5.97. The summed E-state index contributed by atoms with van der Waals surface area (Å²) in [4.78, 5) is 25.9. The van der Waals surface area contributed by atoms with Crippen LogP contribution in [0.5, 0.6) is 5.75 Å². The van der Waals surface area contributed by atoms with E-state index in [1.54, 1.807) is 43.2 Å². The predicted molar refractivity (Wildman–Crippen MR) is 103 cm³/mol. The lowest BCUT2D eigenvalue weighted by Gasteiger charge is -2.18. The minimum Gasteiger partial charge on any atom is -0.497 e. The first kappa shape index (κ1) is 17.8. The molecule has 2 amide bonds. The van der Waals surface area contributed by atoms with Gasteiger partial charge in [-0.2, -0.15) is 0 Å². The van der Waals surface area contributed by atoms with Crippen LogP contribution < -0.4 is 20.3 Å². The molecular weight excluding hydrogens is 330 g/mol. The molecule has 1 aliphatic rings. The topological polar surface area (TPSA) is 70.7 Å². The predicted octanol–water partition coefficient (Wildman–Crippen LogP) is 3.26. The minimum absolute atomic E-state index is 0.131. The monoisotopic (exact) mass is 353 g/mol. The van der Waals surface area contributed by atoms with E-state index in [0.717, 1.165) is 30.1 Å². The zero-order valence-corrected chi connectivity index (χ0v) is 15.0. The van der Waals surface area contributed by atoms with Crippen molar-refractivity contribution in [3.63, 3.8) is 0 Å². The molecule has 0 spiro atoms. The van der Waals surface area contributed by atoms with Gasteiger partial charge >= 0.3 is 0 Å². The quantitative estimate of drug-likeness (QED) is 0.836. The van der Waals surface area contributed by atoms with Crippen molar-refractivity contribution in [2.24, 2.45) is 0 Å². The van der Waals surface area contributed by atoms with Crippen molar-refractivity contribution in [2.75, 3.05) is 29.2 Å². The Balaban J connectivity index is 1.57. The molecule has 1 aliphatic heterocycles. The molecule has 0 unspecified atom stereocenters. The summed E-state index contributed by atoms with van der Waals surface area (Å²) < 4.78 is 5.10. The number of carbonyl (C=O) groups excluding carboxylic acids is 2. The van der Waals surface area contributed by atoms with Crippen LogP contribution >= 0.6 is 0 Å². The molecule has 1 saturated heterocycles. The van der Waals surface area contributed by atoms with Crippen LogP contribution in [-0.2, 0) is 9.59 Å². The molecule has 26 heavy (non-hydrogen) atoms. The largest absolute Gasteiger partial charge is 0.497 e. The number of methoxy groups -OCH3 is 1. The highest BCUT2D eigenvalue weighted by Crippen LogP contribution is 2.23. The molecular formula is C20H23N3O3. The molecule has 2 N–H and O–H groups in total. The Morgan fingerprint density at radius 2 is 1.73 bits per heavy atom. The van der Waals surface area contributed by atoms with Crippen molar-refractivity contribution in [3.8, 4) is 5.75 Å². The third kappa shape index (κ3) is 4.14. The van der Waals surface area contributed by atoms with Gasteiger partial charge in [-0.25, -0.2) is 0 Å². The summed E-state index contributed by atoms with van der Waals surface area (Å²) in [5.74, 6) is 0.776. The first-order chi connectivity index (χ1) is 12.6. The number of anilines is 3. The molecule has 0 bridgehead atoms. The summed E-state index contributed by atoms with van der Waals surface area (Å²) in [5.41, 5.74) is 2.44. The fraction of sp³-hybridized carbons (Fsp3) is 0.300. The molecule has 0 aliphatic carbocycles. The lowest BCUT2D eigenvalue weighted by Crippen LogP contribution is -2.31. The van der Waals surface area contributed by atoms with Gasteiger partial charge in [-0.05, 0) is 61.9 Å². The van der Waals surface area contributed by atoms with Crippen molar-refractivity contribution in [1.82, 2.24) is 0 Å². The summed E-state index contributed by atoms with van der Waals surface area (Å²) in [6.07, 6.45) is 1.52. The molecule has 1 heterocycles. The van der Waals surface area contributed by atoms with E-state index in [-0.39, 0.29) is 11.8 Å². The number of nitrogens with one attached hydrogen (secondary N) is 2. The van der Waals surface area contributed by atoms with Gasteiger partial charge in [0, 0.05) is 30.0 Å². The standard InChI is InChI=1S/C20H23N3O3/c1-14(20(25)22-16-7-11-18(26-2)12-8-16)21-15-5-9-17(10-6-15)23-13-3-4-19(23)24/h5-12,14,21H,3-4,13H2,1-2H3,(H,22,25)/t14-/m0/s1. The number of nitrogens with zero attached hydrogens (tertiary/aromatic N) is 1. The molecule has 6 nitrogen and oxygen atoms in total. The van der Waals surface area contributed by atoms with Crippen molar-refractivity contribution >= 4 is 28.9 Å². The second-order valence-electron chi connectivity index (χ2n) is 6.28. The number of hydrogen-bond donors (Lipinski definition) is 2. The maximum Gasteiger partial charge on any atom is 0.246 e. The lowest BCUT2D eigenvalue weighted by molar-refractivity contribution is -0.117. The summed E-state index contributed by atoms with van der Waals surface area (Å²) in [6, 6.07) is 14.4. The Labute approximate surface area is 153 Å². The van der Waals surface area contributed by atoms with E-state index in [1.807, 2.05) is 24.3 Å². The minimum atomic E-state index is -0.406. The molecule has 0 radical (unpaired) electrons. The van der Waals surface area contributed by atoms with Crippen molar-refractivity contribution in [2.45, 2.75) is 25.8 Å². The maximum absolute atomic E-state index is 12.3. The number of rotatable bonds is 6. The van der Waals surface area contributed by atoms with E-state index < -0.39 is 6.04 Å². The molecule has 2 aromatic rings. The maximum atomic E-state index is 12.3. The molecule has 3 rings (SSSR count). The third-order valence-corrected chi connectivity index (χ3v) is 4.39. The van der Waals surface area contributed by atoms with E-state index in [1.165, 1.54) is 0 Å². The Hall–Kier alpha value is -3.02. The van der Waals surface area contributed by atoms with Gasteiger partial charge in [0.05, 0.1) is 7.11 Å². The van der Waals surface area contributed by atoms with E-state index in [4.69, 9.17) is 4.74 Å². The Bertz CT molecular complexity index is 772. The van der Waals surface area contributed by atoms with Gasteiger partial charge in [0.15, 0.2) is 0 Å². The molecule has 136 valence electrons. The molecule has 1 atom stereocenters. The van der Waals surface area contributed by atoms with Crippen LogP contribution in [0.1, 0.15) is 19.8 Å². The van der Waals surface area contributed by atoms with Crippen molar-refractivity contribution < 1.29 is 14.3 Å². The summed E-state index contributed by atoms with van der Waals surface area (Å²) in [5, 5.41) is 6.04. The molecule has 2 aromatic carbocycles. The van der Waals surface area contributed by atoms with Crippen molar-refractivity contribution in [1.29, 1.82) is 0 Å². The highest BCUT2D eigenvalue weighted by Gasteiger charge is 2.21. The van der Waals surface area contributed by atoms with E-state index >= 15 is 0 Å². The van der Waals surface area contributed by atoms with Crippen LogP contribution in [0, 0.1) is 0 Å². The summed E-state index contributed by atoms with van der Waals surface area (Å²) in [7, 11) is 1.60. The average Bonchev–Trinajstić information content (AvgIpc) is 3.09. The summed E-state index contributed by atoms with van der Waals surface area (Å²) >= 11 is 0. The van der Waals surface area contributed by atoms with Crippen LogP contribution in [0.3, 0.4) is 0 Å². The molecule has 0 saturated carbocycles. The number of amides is 2. The zero-order chi connectivity index (χ0) is 18.5. The Kier molecular flexibility index (Phi) is 5.41. The first-order valence-corrected chi connectivity index (χ1v) is 8.69. The van der Waals surface area contributed by atoms with Gasteiger partial charge in [-0.3, -0.25) is 9.59 Å². The summed E-state index contributed by atoms with van der Waals surface area (Å²) in [6.45, 7) is 2.57. The van der Waals surface area contributed by atoms with Crippen LogP contribution in [0.4, 0.5) is 17.1 Å². The second kappa shape index (κ2) is 7.91. The highest BCUT2D eigenvalue weighted by atomic mass is 16.5. The van der Waals surface area contributed by atoms with E-state index in [2.05, 4.69) is 10.6 Å². The SMILES string of the molecule is COc1ccc(NC(=O)[C@H](C)Nc2ccc(N3CCCC3=O)cc2)cc1. The van der Waals surface area contributed by atoms with Gasteiger partial charge in [0.1, 0.15) is 11.8 Å². The van der Waals surface area contributed by atoms with Gasteiger partial charge in [-0.1, -0.05) is 0 Å². The smallest absolute Gasteiger partial charge is 0.246 e. The van der Waals surface area contributed by atoms with Gasteiger partial charge in [-0.15, -0.1) is 0 Å². The molecule has 0 aromatic heterocycles. The van der Waals surface area contributed by atoms with Gasteiger partial charge in [0.2, 0.25) is 11.8 Å². The number of ether oxygens (including phenoxy) is 1. The number of hydrogen-bond acceptors (Lipinski definition) is 4. The average molecular weight is 353 g/mol. The van der Waals surface area contributed by atoms with Gasteiger partial charge in [0.25, 0.3) is 0 Å². The second-order valence-corrected chi connectivity index (χ2v) is 6.28. The first-order valence-electron chi connectivity index (χ1n) is 8.69. The van der Waals surface area contributed by atoms with E-state index in [0.29, 0.717) is 12.1 Å². The van der Waals surface area contributed by atoms with Gasteiger partial charge < -0.3 is 20.3 Å². The Morgan fingerprint density at radius 1 is 1.08 bits per heavy atom. The van der Waals surface area contributed by atoms with Crippen LogP contribution in [0.2, 0.25) is 0 Å². The van der Waals surface area contributed by atoms with E-state index in [9.17, 15) is 9.59 Å². The van der Waals surface area contributed by atoms with Crippen LogP contribution in [-0.4, -0.2) is 31.5 Å². The zero-order valence-electron chi connectivity index (χ0n) is 15.0. The fourth-order valence-electron chi connectivity index (χ4n) is 2.90. The molecule has 6 heteroatoms. The third-order valence-electron chi connectivity index (χ3n) is 4.39. The normalized spacial score (nSPS) is 14.8. The van der Waals surface area contributed by atoms with Crippen molar-refractivity contribution in [3.05, 3.63) is 48.5 Å². The van der Waals surface area contributed by atoms with Crippen LogP contribution in [0.25, 0.3) is 0 Å². The van der Waals surface area contributed by atoms with Crippen LogP contribution in [0.15, 0.2) is 48.5 Å².